The summed E-state index contributed by atoms with van der Waals surface area (Å²) < 4.78 is 38.0. The molecule has 0 heterocycles. The number of oxime groups is 1. The van der Waals surface area contributed by atoms with Gasteiger partial charge in [0.15, 0.2) is 5.84 Å². The van der Waals surface area contributed by atoms with E-state index in [0.717, 1.165) is 0 Å². The van der Waals surface area contributed by atoms with Crippen LogP contribution in [0.2, 0.25) is 0 Å². The second kappa shape index (κ2) is 5.57. The molecule has 0 aliphatic heterocycles. The van der Waals surface area contributed by atoms with Crippen molar-refractivity contribution < 1.29 is 18.4 Å². The Labute approximate surface area is 99.3 Å². The molecule has 1 atom stereocenters. The number of halogens is 3. The van der Waals surface area contributed by atoms with Gasteiger partial charge in [-0.05, 0) is 12.5 Å². The van der Waals surface area contributed by atoms with Crippen LogP contribution in [0, 0.1) is 11.3 Å². The SMILES string of the molecule is CN(CC(C(N)=NO)C(F)(F)F)CC(C)(C)C. The Kier molecular flexibility index (Phi) is 5.25. The van der Waals surface area contributed by atoms with Gasteiger partial charge < -0.3 is 15.8 Å². The van der Waals surface area contributed by atoms with Crippen LogP contribution in [0.3, 0.4) is 0 Å². The van der Waals surface area contributed by atoms with Gasteiger partial charge in [-0.15, -0.1) is 0 Å². The summed E-state index contributed by atoms with van der Waals surface area (Å²) in [5.41, 5.74) is 4.95. The van der Waals surface area contributed by atoms with Gasteiger partial charge in [-0.1, -0.05) is 25.9 Å². The maximum absolute atomic E-state index is 12.7. The van der Waals surface area contributed by atoms with Crippen molar-refractivity contribution in [3.05, 3.63) is 0 Å². The average molecular weight is 255 g/mol. The molecule has 0 aromatic carbocycles. The highest BCUT2D eigenvalue weighted by Crippen LogP contribution is 2.27. The molecule has 0 aromatic heterocycles. The van der Waals surface area contributed by atoms with Crippen LogP contribution in [0.1, 0.15) is 20.8 Å². The second-order valence-corrected chi connectivity index (χ2v) is 5.38. The van der Waals surface area contributed by atoms with Crippen LogP contribution in [0.4, 0.5) is 13.2 Å². The number of nitrogens with two attached hydrogens (primary N) is 1. The molecule has 0 rings (SSSR count). The number of rotatable bonds is 4. The van der Waals surface area contributed by atoms with Gasteiger partial charge in [-0.2, -0.15) is 13.2 Å². The van der Waals surface area contributed by atoms with Crippen molar-refractivity contribution in [1.82, 2.24) is 4.90 Å². The third-order valence-corrected chi connectivity index (χ3v) is 2.11. The predicted molar refractivity (Wildman–Crippen MR) is 59.9 cm³/mol. The first-order chi connectivity index (χ1) is 7.47. The van der Waals surface area contributed by atoms with Crippen molar-refractivity contribution in [3.63, 3.8) is 0 Å². The molecule has 3 N–H and O–H groups in total. The van der Waals surface area contributed by atoms with Crippen LogP contribution in [-0.4, -0.2) is 42.3 Å². The summed E-state index contributed by atoms with van der Waals surface area (Å²) in [6, 6.07) is 0. The molecule has 0 saturated heterocycles. The van der Waals surface area contributed by atoms with Gasteiger partial charge in [0.05, 0.1) is 0 Å². The van der Waals surface area contributed by atoms with Gasteiger partial charge in [0.2, 0.25) is 0 Å². The van der Waals surface area contributed by atoms with Crippen LogP contribution in [0.25, 0.3) is 0 Å². The highest BCUT2D eigenvalue weighted by Gasteiger charge is 2.43. The first-order valence-electron chi connectivity index (χ1n) is 5.20. The van der Waals surface area contributed by atoms with E-state index in [1.165, 1.54) is 4.90 Å². The third-order valence-electron chi connectivity index (χ3n) is 2.11. The summed E-state index contributed by atoms with van der Waals surface area (Å²) in [7, 11) is 1.58. The minimum atomic E-state index is -4.51. The molecule has 0 saturated carbocycles. The lowest BCUT2D eigenvalue weighted by atomic mass is 9.95. The summed E-state index contributed by atoms with van der Waals surface area (Å²) in [5.74, 6) is -2.75. The lowest BCUT2D eigenvalue weighted by molar-refractivity contribution is -0.160. The summed E-state index contributed by atoms with van der Waals surface area (Å²) in [5, 5.41) is 10.8. The van der Waals surface area contributed by atoms with Crippen molar-refractivity contribution in [1.29, 1.82) is 0 Å². The van der Waals surface area contributed by atoms with Crippen molar-refractivity contribution >= 4 is 5.84 Å². The zero-order chi connectivity index (χ0) is 13.9. The molecule has 0 radical (unpaired) electrons. The Balaban J connectivity index is 4.67. The minimum absolute atomic E-state index is 0.115. The predicted octanol–water partition coefficient (Wildman–Crippen LogP) is 1.89. The fourth-order valence-corrected chi connectivity index (χ4v) is 1.62. The Bertz CT molecular complexity index is 271. The van der Waals surface area contributed by atoms with E-state index >= 15 is 0 Å². The first-order valence-corrected chi connectivity index (χ1v) is 5.20. The summed E-state index contributed by atoms with van der Waals surface area (Å²) in [6.07, 6.45) is -4.51. The molecule has 4 nitrogen and oxygen atoms in total. The monoisotopic (exact) mass is 255 g/mol. The number of hydrogen-bond acceptors (Lipinski definition) is 3. The van der Waals surface area contributed by atoms with Crippen molar-refractivity contribution in [2.75, 3.05) is 20.1 Å². The van der Waals surface area contributed by atoms with Crippen LogP contribution in [0.5, 0.6) is 0 Å². The topological polar surface area (TPSA) is 61.8 Å². The first kappa shape index (κ1) is 16.0. The van der Waals surface area contributed by atoms with E-state index in [4.69, 9.17) is 10.9 Å². The van der Waals surface area contributed by atoms with Gasteiger partial charge in [-0.3, -0.25) is 0 Å². The molecule has 0 aliphatic carbocycles. The highest BCUT2D eigenvalue weighted by molar-refractivity contribution is 5.83. The maximum atomic E-state index is 12.7. The van der Waals surface area contributed by atoms with Crippen LogP contribution in [-0.2, 0) is 0 Å². The van der Waals surface area contributed by atoms with Gasteiger partial charge in [0.1, 0.15) is 5.92 Å². The number of alkyl halides is 3. The molecule has 7 heteroatoms. The van der Waals surface area contributed by atoms with Gasteiger partial charge in [-0.25, -0.2) is 0 Å². The zero-order valence-electron chi connectivity index (χ0n) is 10.5. The lowest BCUT2D eigenvalue weighted by Crippen LogP contribution is -2.45. The molecule has 0 amide bonds. The van der Waals surface area contributed by atoms with Gasteiger partial charge >= 0.3 is 6.18 Å². The normalized spacial score (nSPS) is 16.4. The lowest BCUT2D eigenvalue weighted by Gasteiger charge is -2.30. The third kappa shape index (κ3) is 6.35. The van der Waals surface area contributed by atoms with Crippen molar-refractivity contribution in [3.8, 4) is 0 Å². The van der Waals surface area contributed by atoms with E-state index < -0.39 is 17.9 Å². The van der Waals surface area contributed by atoms with E-state index in [-0.39, 0.29) is 12.0 Å². The summed E-state index contributed by atoms with van der Waals surface area (Å²) in [4.78, 5) is 1.52. The summed E-state index contributed by atoms with van der Waals surface area (Å²) >= 11 is 0. The average Bonchev–Trinajstić information content (AvgIpc) is 2.08. The molecule has 0 spiro atoms. The van der Waals surface area contributed by atoms with Gasteiger partial charge in [0, 0.05) is 13.1 Å². The standard InChI is InChI=1S/C10H20F3N3O/c1-9(2,3)6-16(4)5-7(8(14)15-17)10(11,12)13/h7,17H,5-6H2,1-4H3,(H2,14,15). The molecular formula is C10H20F3N3O. The molecule has 0 fully saturated rings. The van der Waals surface area contributed by atoms with E-state index in [1.807, 2.05) is 20.8 Å². The van der Waals surface area contributed by atoms with E-state index in [9.17, 15) is 13.2 Å². The number of amidine groups is 1. The number of nitrogens with zero attached hydrogens (tertiary/aromatic N) is 2. The Morgan fingerprint density at radius 3 is 2.12 bits per heavy atom. The molecule has 0 bridgehead atoms. The van der Waals surface area contributed by atoms with E-state index in [2.05, 4.69) is 5.16 Å². The van der Waals surface area contributed by atoms with E-state index in [0.29, 0.717) is 6.54 Å². The maximum Gasteiger partial charge on any atom is 0.400 e. The molecule has 1 unspecified atom stereocenters. The van der Waals surface area contributed by atoms with Crippen molar-refractivity contribution in [2.24, 2.45) is 22.2 Å². The molecule has 102 valence electrons. The largest absolute Gasteiger partial charge is 0.409 e. The minimum Gasteiger partial charge on any atom is -0.409 e. The van der Waals surface area contributed by atoms with Crippen molar-refractivity contribution in [2.45, 2.75) is 26.9 Å². The molecule has 0 aromatic rings. The fraction of sp³-hybridized carbons (Fsp3) is 0.900. The van der Waals surface area contributed by atoms with Crippen LogP contribution in [0.15, 0.2) is 5.16 Å². The van der Waals surface area contributed by atoms with Gasteiger partial charge in [0.25, 0.3) is 0 Å². The smallest absolute Gasteiger partial charge is 0.400 e. The molecule has 17 heavy (non-hydrogen) atoms. The number of hydrogen-bond donors (Lipinski definition) is 2. The Hall–Kier alpha value is -0.980. The van der Waals surface area contributed by atoms with E-state index in [1.54, 1.807) is 7.05 Å². The Morgan fingerprint density at radius 1 is 1.35 bits per heavy atom. The fourth-order valence-electron chi connectivity index (χ4n) is 1.62. The quantitative estimate of drug-likeness (QED) is 0.349. The molecule has 0 aliphatic rings. The molecular weight excluding hydrogens is 235 g/mol. The zero-order valence-corrected chi connectivity index (χ0v) is 10.5. The Morgan fingerprint density at radius 2 is 1.82 bits per heavy atom. The second-order valence-electron chi connectivity index (χ2n) is 5.38. The summed E-state index contributed by atoms with van der Waals surface area (Å²) in [6.45, 7) is 5.94. The van der Waals surface area contributed by atoms with Crippen LogP contribution < -0.4 is 5.73 Å². The highest BCUT2D eigenvalue weighted by atomic mass is 19.4. The van der Waals surface area contributed by atoms with Crippen LogP contribution >= 0.6 is 0 Å².